The number of rotatable bonds is 1. The monoisotopic (exact) mass is 275 g/mol. The summed E-state index contributed by atoms with van der Waals surface area (Å²) < 4.78 is 0. The molecule has 0 saturated carbocycles. The fourth-order valence-corrected chi connectivity index (χ4v) is 2.00. The van der Waals surface area contributed by atoms with Crippen molar-refractivity contribution in [3.8, 4) is 11.4 Å². The predicted octanol–water partition coefficient (Wildman–Crippen LogP) is 4.00. The van der Waals surface area contributed by atoms with E-state index in [0.29, 0.717) is 16.0 Å². The molecule has 0 atom stereocenters. The van der Waals surface area contributed by atoms with E-state index < -0.39 is 0 Å². The van der Waals surface area contributed by atoms with E-state index in [9.17, 15) is 0 Å². The molecule has 0 aliphatic carbocycles. The lowest BCUT2D eigenvalue weighted by molar-refractivity contribution is 1.21. The van der Waals surface area contributed by atoms with Gasteiger partial charge in [0, 0.05) is 23.3 Å². The Morgan fingerprint density at radius 3 is 2.56 bits per heavy atom. The molecule has 1 aromatic carbocycles. The van der Waals surface area contributed by atoms with E-state index in [1.165, 1.54) is 0 Å². The van der Waals surface area contributed by atoms with Crippen molar-refractivity contribution < 1.29 is 0 Å². The van der Waals surface area contributed by atoms with Crippen LogP contribution < -0.4 is 0 Å². The summed E-state index contributed by atoms with van der Waals surface area (Å²) in [7, 11) is 0. The minimum absolute atomic E-state index is 0.442. The minimum Gasteiger partial charge on any atom is -0.244 e. The van der Waals surface area contributed by atoms with Gasteiger partial charge in [-0.3, -0.25) is 0 Å². The van der Waals surface area contributed by atoms with Gasteiger partial charge in [0.2, 0.25) is 0 Å². The summed E-state index contributed by atoms with van der Waals surface area (Å²) >= 11 is 11.9. The van der Waals surface area contributed by atoms with Crippen LogP contribution in [0.15, 0.2) is 42.7 Å². The van der Waals surface area contributed by atoms with Crippen LogP contribution in [0.5, 0.6) is 0 Å². The van der Waals surface area contributed by atoms with Gasteiger partial charge in [0.1, 0.15) is 5.15 Å². The first-order valence-electron chi connectivity index (χ1n) is 5.27. The van der Waals surface area contributed by atoms with Crippen LogP contribution in [0.4, 0.5) is 0 Å². The van der Waals surface area contributed by atoms with Crippen molar-refractivity contribution in [3.05, 3.63) is 52.9 Å². The fourth-order valence-electron chi connectivity index (χ4n) is 1.67. The van der Waals surface area contributed by atoms with Gasteiger partial charge in [0.25, 0.3) is 0 Å². The molecule has 2 aromatic heterocycles. The van der Waals surface area contributed by atoms with Crippen LogP contribution in [0, 0.1) is 0 Å². The molecule has 0 fully saturated rings. The molecular weight excluding hydrogens is 269 g/mol. The number of fused-ring (bicyclic) bond motifs is 1. The van der Waals surface area contributed by atoms with Crippen LogP contribution in [0.25, 0.3) is 22.3 Å². The Kier molecular flexibility index (Phi) is 2.86. The maximum atomic E-state index is 6.11. The minimum atomic E-state index is 0.442. The van der Waals surface area contributed by atoms with Gasteiger partial charge in [-0.1, -0.05) is 35.3 Å². The molecule has 3 aromatic rings. The Hall–Kier alpha value is -1.71. The summed E-state index contributed by atoms with van der Waals surface area (Å²) in [4.78, 5) is 12.8. The number of hydrogen-bond donors (Lipinski definition) is 0. The van der Waals surface area contributed by atoms with Crippen LogP contribution in [0.1, 0.15) is 0 Å². The molecule has 0 saturated heterocycles. The van der Waals surface area contributed by atoms with Gasteiger partial charge in [0.05, 0.1) is 10.5 Å². The summed E-state index contributed by atoms with van der Waals surface area (Å²) in [6.45, 7) is 0. The first kappa shape index (κ1) is 11.4. The van der Waals surface area contributed by atoms with Crippen molar-refractivity contribution in [2.75, 3.05) is 0 Å². The Labute approximate surface area is 113 Å². The molecule has 5 heteroatoms. The lowest BCUT2D eigenvalue weighted by Crippen LogP contribution is -1.91. The standard InChI is InChI=1S/C13H7Cl2N3/c14-10-3-1-2-8-6-17-13(18-12(8)10)9-4-5-11(15)16-7-9/h1-7H. The Morgan fingerprint density at radius 1 is 0.889 bits per heavy atom. The topological polar surface area (TPSA) is 38.7 Å². The summed E-state index contributed by atoms with van der Waals surface area (Å²) in [5.41, 5.74) is 1.54. The second-order valence-electron chi connectivity index (χ2n) is 3.74. The van der Waals surface area contributed by atoms with Crippen molar-refractivity contribution in [1.82, 2.24) is 15.0 Å². The predicted molar refractivity (Wildman–Crippen MR) is 72.8 cm³/mol. The number of halogens is 2. The molecule has 88 valence electrons. The molecule has 0 bridgehead atoms. The molecule has 0 aliphatic heterocycles. The van der Waals surface area contributed by atoms with Crippen LogP contribution in [0.3, 0.4) is 0 Å². The van der Waals surface area contributed by atoms with E-state index in [2.05, 4.69) is 15.0 Å². The van der Waals surface area contributed by atoms with Gasteiger partial charge in [-0.15, -0.1) is 0 Å². The van der Waals surface area contributed by atoms with Gasteiger partial charge in [-0.2, -0.15) is 0 Å². The van der Waals surface area contributed by atoms with Crippen molar-refractivity contribution in [1.29, 1.82) is 0 Å². The first-order valence-corrected chi connectivity index (χ1v) is 6.03. The largest absolute Gasteiger partial charge is 0.244 e. The number of benzene rings is 1. The molecule has 0 radical (unpaired) electrons. The zero-order valence-electron chi connectivity index (χ0n) is 9.14. The van der Waals surface area contributed by atoms with E-state index in [4.69, 9.17) is 23.2 Å². The number of para-hydroxylation sites is 1. The third kappa shape index (κ3) is 2.03. The van der Waals surface area contributed by atoms with Crippen LogP contribution in [-0.4, -0.2) is 15.0 Å². The number of aromatic nitrogens is 3. The van der Waals surface area contributed by atoms with Gasteiger partial charge in [-0.25, -0.2) is 15.0 Å². The Bertz CT molecular complexity index is 711. The van der Waals surface area contributed by atoms with Gasteiger partial charge < -0.3 is 0 Å². The zero-order valence-corrected chi connectivity index (χ0v) is 10.7. The molecule has 3 rings (SSSR count). The summed E-state index contributed by atoms with van der Waals surface area (Å²) in [6, 6.07) is 9.13. The van der Waals surface area contributed by atoms with Crippen molar-refractivity contribution in [2.45, 2.75) is 0 Å². The van der Waals surface area contributed by atoms with E-state index >= 15 is 0 Å². The molecule has 0 N–H and O–H groups in total. The summed E-state index contributed by atoms with van der Waals surface area (Å²) in [6.07, 6.45) is 3.39. The zero-order chi connectivity index (χ0) is 12.5. The third-order valence-corrected chi connectivity index (χ3v) is 3.08. The smallest absolute Gasteiger partial charge is 0.161 e. The maximum absolute atomic E-state index is 6.11. The first-order chi connectivity index (χ1) is 8.74. The second-order valence-corrected chi connectivity index (χ2v) is 4.54. The van der Waals surface area contributed by atoms with E-state index in [0.717, 1.165) is 16.5 Å². The normalized spacial score (nSPS) is 10.8. The third-order valence-electron chi connectivity index (χ3n) is 2.55. The highest BCUT2D eigenvalue weighted by molar-refractivity contribution is 6.35. The average Bonchev–Trinajstić information content (AvgIpc) is 2.40. The van der Waals surface area contributed by atoms with Crippen LogP contribution >= 0.6 is 23.2 Å². The SMILES string of the molecule is Clc1ccc(-c2ncc3cccc(Cl)c3n2)cn1. The van der Waals surface area contributed by atoms with Crippen molar-refractivity contribution >= 4 is 34.1 Å². The van der Waals surface area contributed by atoms with E-state index in [1.807, 2.05) is 18.2 Å². The highest BCUT2D eigenvalue weighted by Gasteiger charge is 2.05. The highest BCUT2D eigenvalue weighted by Crippen LogP contribution is 2.23. The van der Waals surface area contributed by atoms with Gasteiger partial charge in [-0.05, 0) is 18.2 Å². The number of hydrogen-bond acceptors (Lipinski definition) is 3. The molecule has 18 heavy (non-hydrogen) atoms. The Morgan fingerprint density at radius 2 is 1.78 bits per heavy atom. The summed E-state index contributed by atoms with van der Waals surface area (Å²) in [5.74, 6) is 0.583. The molecule has 0 amide bonds. The van der Waals surface area contributed by atoms with Crippen molar-refractivity contribution in [2.24, 2.45) is 0 Å². The number of nitrogens with zero attached hydrogens (tertiary/aromatic N) is 3. The lowest BCUT2D eigenvalue weighted by Gasteiger charge is -2.03. The second kappa shape index (κ2) is 4.52. The molecule has 3 nitrogen and oxygen atoms in total. The van der Waals surface area contributed by atoms with Crippen molar-refractivity contribution in [3.63, 3.8) is 0 Å². The molecule has 2 heterocycles. The van der Waals surface area contributed by atoms with E-state index in [1.54, 1.807) is 24.5 Å². The van der Waals surface area contributed by atoms with E-state index in [-0.39, 0.29) is 0 Å². The fraction of sp³-hybridized carbons (Fsp3) is 0. The van der Waals surface area contributed by atoms with Gasteiger partial charge in [0.15, 0.2) is 5.82 Å². The highest BCUT2D eigenvalue weighted by atomic mass is 35.5. The van der Waals surface area contributed by atoms with Crippen LogP contribution in [-0.2, 0) is 0 Å². The molecule has 0 spiro atoms. The van der Waals surface area contributed by atoms with Gasteiger partial charge >= 0.3 is 0 Å². The molecule has 0 unspecified atom stereocenters. The lowest BCUT2D eigenvalue weighted by atomic mass is 10.2. The van der Waals surface area contributed by atoms with Crippen LogP contribution in [0.2, 0.25) is 10.2 Å². The average molecular weight is 276 g/mol. The molecular formula is C13H7Cl2N3. The summed E-state index contributed by atoms with van der Waals surface area (Å²) in [5, 5.41) is 1.96. The number of pyridine rings is 1. The quantitative estimate of drug-likeness (QED) is 0.630. The Balaban J connectivity index is 2.18. The maximum Gasteiger partial charge on any atom is 0.161 e. The molecule has 0 aliphatic rings.